The molecule has 7 nitrogen and oxygen atoms in total. The molecular weight excluding hydrogens is 472 g/mol. The van der Waals surface area contributed by atoms with Gasteiger partial charge in [-0.05, 0) is 66.7 Å². The lowest BCUT2D eigenvalue weighted by atomic mass is 10.0. The van der Waals surface area contributed by atoms with E-state index in [1.165, 1.54) is 11.8 Å². The van der Waals surface area contributed by atoms with Crippen molar-refractivity contribution in [3.05, 3.63) is 77.8 Å². The Balaban J connectivity index is 1.59. The molecule has 1 N–H and O–H groups in total. The van der Waals surface area contributed by atoms with Crippen LogP contribution < -0.4 is 14.8 Å². The van der Waals surface area contributed by atoms with Gasteiger partial charge in [0.2, 0.25) is 11.1 Å². The van der Waals surface area contributed by atoms with Gasteiger partial charge in [-0.25, -0.2) is 4.98 Å². The normalized spacial score (nSPS) is 10.6. The van der Waals surface area contributed by atoms with Gasteiger partial charge in [-0.15, -0.1) is 10.2 Å². The smallest absolute Gasteiger partial charge is 0.234 e. The van der Waals surface area contributed by atoms with E-state index in [1.807, 2.05) is 48.5 Å². The van der Waals surface area contributed by atoms with Crippen LogP contribution in [0.2, 0.25) is 5.02 Å². The number of nitrogens with zero attached hydrogens (tertiary/aromatic N) is 3. The van der Waals surface area contributed by atoms with Crippen LogP contribution in [0.4, 0.5) is 5.69 Å². The highest BCUT2D eigenvalue weighted by Gasteiger charge is 2.15. The Morgan fingerprint density at radius 2 is 1.50 bits per heavy atom. The number of thioether (sulfide) groups is 1. The van der Waals surface area contributed by atoms with Crippen molar-refractivity contribution in [2.45, 2.75) is 5.16 Å². The number of nitrogens with one attached hydrogen (secondary N) is 1. The zero-order valence-corrected chi connectivity index (χ0v) is 20.1. The van der Waals surface area contributed by atoms with Crippen molar-refractivity contribution in [1.29, 1.82) is 0 Å². The first-order chi connectivity index (χ1) is 16.6. The predicted octanol–water partition coefficient (Wildman–Crippen LogP) is 5.61. The number of carbonyl (C=O) groups is 1. The maximum Gasteiger partial charge on any atom is 0.234 e. The average molecular weight is 493 g/mol. The minimum Gasteiger partial charge on any atom is -0.497 e. The molecule has 0 aliphatic rings. The molecule has 0 aliphatic carbocycles. The Labute approximate surface area is 206 Å². The Bertz CT molecular complexity index is 1280. The van der Waals surface area contributed by atoms with Gasteiger partial charge in [-0.2, -0.15) is 0 Å². The predicted molar refractivity (Wildman–Crippen MR) is 135 cm³/mol. The van der Waals surface area contributed by atoms with Crippen molar-refractivity contribution in [3.8, 4) is 34.0 Å². The number of carbonyl (C=O) groups excluding carboxylic acids is 1. The fourth-order valence-corrected chi connectivity index (χ4v) is 3.94. The van der Waals surface area contributed by atoms with Crippen LogP contribution in [0.25, 0.3) is 22.5 Å². The summed E-state index contributed by atoms with van der Waals surface area (Å²) in [6.45, 7) is 0. The molecule has 0 fully saturated rings. The van der Waals surface area contributed by atoms with Crippen LogP contribution in [0.15, 0.2) is 78.0 Å². The van der Waals surface area contributed by atoms with E-state index in [4.69, 9.17) is 26.1 Å². The summed E-state index contributed by atoms with van der Waals surface area (Å²) >= 11 is 7.18. The van der Waals surface area contributed by atoms with Gasteiger partial charge in [-0.3, -0.25) is 4.79 Å². The third-order valence-corrected chi connectivity index (χ3v) is 5.91. The monoisotopic (exact) mass is 492 g/mol. The summed E-state index contributed by atoms with van der Waals surface area (Å²) in [5, 5.41) is 12.5. The molecule has 0 saturated heterocycles. The second-order valence-electron chi connectivity index (χ2n) is 7.10. The molecule has 9 heteroatoms. The van der Waals surface area contributed by atoms with Crippen molar-refractivity contribution < 1.29 is 14.3 Å². The lowest BCUT2D eigenvalue weighted by Gasteiger charge is -2.11. The van der Waals surface area contributed by atoms with E-state index in [1.54, 1.807) is 38.5 Å². The number of amides is 1. The highest BCUT2D eigenvalue weighted by molar-refractivity contribution is 7.99. The van der Waals surface area contributed by atoms with E-state index in [0.29, 0.717) is 27.3 Å². The summed E-state index contributed by atoms with van der Waals surface area (Å²) < 4.78 is 10.5. The number of benzene rings is 3. The maximum atomic E-state index is 12.4. The first-order valence-electron chi connectivity index (χ1n) is 10.3. The third kappa shape index (κ3) is 5.84. The first kappa shape index (κ1) is 23.5. The van der Waals surface area contributed by atoms with Crippen molar-refractivity contribution in [2.75, 3.05) is 25.3 Å². The van der Waals surface area contributed by atoms with Crippen LogP contribution in [-0.4, -0.2) is 41.1 Å². The largest absolute Gasteiger partial charge is 0.497 e. The van der Waals surface area contributed by atoms with Gasteiger partial charge in [0.15, 0.2) is 0 Å². The van der Waals surface area contributed by atoms with E-state index >= 15 is 0 Å². The minimum absolute atomic E-state index is 0.123. The quantitative estimate of drug-likeness (QED) is 0.320. The molecule has 0 bridgehead atoms. The van der Waals surface area contributed by atoms with Crippen LogP contribution >= 0.6 is 23.4 Å². The third-order valence-electron chi connectivity index (χ3n) is 4.83. The number of rotatable bonds is 8. The average Bonchev–Trinajstić information content (AvgIpc) is 2.87. The van der Waals surface area contributed by atoms with Crippen LogP contribution in [0.3, 0.4) is 0 Å². The Morgan fingerprint density at radius 3 is 2.09 bits per heavy atom. The molecule has 4 rings (SSSR count). The van der Waals surface area contributed by atoms with Gasteiger partial charge in [0.05, 0.1) is 20.0 Å². The van der Waals surface area contributed by atoms with Gasteiger partial charge in [-0.1, -0.05) is 29.4 Å². The zero-order chi connectivity index (χ0) is 23.9. The number of aromatic nitrogens is 3. The summed E-state index contributed by atoms with van der Waals surface area (Å²) in [7, 11) is 3.24. The van der Waals surface area contributed by atoms with E-state index < -0.39 is 0 Å². The van der Waals surface area contributed by atoms with Gasteiger partial charge in [0, 0.05) is 21.8 Å². The summed E-state index contributed by atoms with van der Waals surface area (Å²) in [5.41, 5.74) is 3.61. The molecule has 3 aromatic carbocycles. The molecule has 172 valence electrons. The van der Waals surface area contributed by atoms with Crippen molar-refractivity contribution in [3.63, 3.8) is 0 Å². The van der Waals surface area contributed by atoms with Crippen molar-refractivity contribution in [1.82, 2.24) is 15.2 Å². The molecule has 0 saturated carbocycles. The van der Waals surface area contributed by atoms with E-state index in [2.05, 4.69) is 15.5 Å². The van der Waals surface area contributed by atoms with Crippen LogP contribution in [0.5, 0.6) is 11.5 Å². The van der Waals surface area contributed by atoms with E-state index in [0.717, 1.165) is 22.6 Å². The van der Waals surface area contributed by atoms with Gasteiger partial charge < -0.3 is 14.8 Å². The minimum atomic E-state index is -0.193. The number of ether oxygens (including phenoxy) is 2. The molecule has 1 aromatic heterocycles. The molecule has 1 amide bonds. The number of halogens is 1. The summed E-state index contributed by atoms with van der Waals surface area (Å²) in [4.78, 5) is 17.1. The van der Waals surface area contributed by atoms with E-state index in [-0.39, 0.29) is 11.7 Å². The number of hydrogen-bond donors (Lipinski definition) is 1. The number of hydrogen-bond acceptors (Lipinski definition) is 7. The lowest BCUT2D eigenvalue weighted by molar-refractivity contribution is -0.113. The molecule has 34 heavy (non-hydrogen) atoms. The summed E-state index contributed by atoms with van der Waals surface area (Å²) in [5.74, 6) is 1.41. The van der Waals surface area contributed by atoms with Gasteiger partial charge in [0.25, 0.3) is 0 Å². The maximum absolute atomic E-state index is 12.4. The summed E-state index contributed by atoms with van der Waals surface area (Å²) in [6, 6.07) is 22.1. The fraction of sp³-hybridized carbons (Fsp3) is 0.120. The highest BCUT2D eigenvalue weighted by Crippen LogP contribution is 2.32. The molecule has 0 aliphatic heterocycles. The van der Waals surface area contributed by atoms with Crippen LogP contribution in [-0.2, 0) is 4.79 Å². The van der Waals surface area contributed by atoms with Gasteiger partial charge >= 0.3 is 0 Å². The number of anilines is 1. The van der Waals surface area contributed by atoms with Crippen molar-refractivity contribution >= 4 is 35.0 Å². The zero-order valence-electron chi connectivity index (χ0n) is 18.5. The Kier molecular flexibility index (Phi) is 7.61. The number of methoxy groups -OCH3 is 2. The lowest BCUT2D eigenvalue weighted by Crippen LogP contribution is -2.14. The standard InChI is InChI=1S/C25H21ClN4O3S/c1-32-20-10-6-16(7-11-20)23-24(17-8-12-21(33-2)13-9-17)29-30-25(28-23)34-15-22(31)27-19-5-3-4-18(26)14-19/h3-14H,15H2,1-2H3,(H,27,31). The topological polar surface area (TPSA) is 86.2 Å². The summed E-state index contributed by atoms with van der Waals surface area (Å²) in [6.07, 6.45) is 0. The van der Waals surface area contributed by atoms with Crippen LogP contribution in [0, 0.1) is 0 Å². The Morgan fingerprint density at radius 1 is 0.882 bits per heavy atom. The van der Waals surface area contributed by atoms with Gasteiger partial charge in [0.1, 0.15) is 22.9 Å². The fourth-order valence-electron chi connectivity index (χ4n) is 3.16. The SMILES string of the molecule is COc1ccc(-c2nnc(SCC(=O)Nc3cccc(Cl)c3)nc2-c2ccc(OC)cc2)cc1. The molecule has 4 aromatic rings. The first-order valence-corrected chi connectivity index (χ1v) is 11.6. The molecule has 0 radical (unpaired) electrons. The molecule has 0 atom stereocenters. The second kappa shape index (κ2) is 11.0. The van der Waals surface area contributed by atoms with Crippen LogP contribution in [0.1, 0.15) is 0 Å². The second-order valence-corrected chi connectivity index (χ2v) is 8.47. The molecular formula is C25H21ClN4O3S. The Hall–Kier alpha value is -3.62. The molecule has 0 spiro atoms. The van der Waals surface area contributed by atoms with E-state index in [9.17, 15) is 4.79 Å². The van der Waals surface area contributed by atoms with Crippen molar-refractivity contribution in [2.24, 2.45) is 0 Å². The highest BCUT2D eigenvalue weighted by atomic mass is 35.5. The molecule has 1 heterocycles. The molecule has 0 unspecified atom stereocenters.